The van der Waals surface area contributed by atoms with E-state index in [0.717, 1.165) is 12.2 Å². The molecule has 0 N–H and O–H groups in total. The SMILES string of the molecule is CC(C)c1c[n+]2c3c4c(cccc4c4cccnc4n13)C2. The fourth-order valence-corrected chi connectivity index (χ4v) is 3.72. The fourth-order valence-electron chi connectivity index (χ4n) is 3.72. The number of hydrogen-bond donors (Lipinski definition) is 0. The van der Waals surface area contributed by atoms with Crippen LogP contribution in [0, 0.1) is 0 Å². The van der Waals surface area contributed by atoms with Crippen LogP contribution in [0.25, 0.3) is 27.5 Å². The Labute approximate surface area is 122 Å². The molecule has 1 aromatic carbocycles. The van der Waals surface area contributed by atoms with Gasteiger partial charge in [0.1, 0.15) is 12.7 Å². The largest absolute Gasteiger partial charge is 0.296 e. The van der Waals surface area contributed by atoms with Crippen LogP contribution in [0.2, 0.25) is 0 Å². The molecule has 0 aliphatic carbocycles. The van der Waals surface area contributed by atoms with E-state index < -0.39 is 0 Å². The van der Waals surface area contributed by atoms with Gasteiger partial charge in [-0.1, -0.05) is 32.0 Å². The predicted molar refractivity (Wildman–Crippen MR) is 83.6 cm³/mol. The highest BCUT2D eigenvalue weighted by molar-refractivity contribution is 6.11. The first kappa shape index (κ1) is 11.3. The number of benzene rings is 1. The number of pyridine rings is 2. The van der Waals surface area contributed by atoms with Gasteiger partial charge < -0.3 is 0 Å². The van der Waals surface area contributed by atoms with Gasteiger partial charge >= 0.3 is 0 Å². The van der Waals surface area contributed by atoms with Crippen LogP contribution in [-0.2, 0) is 6.54 Å². The second-order valence-corrected chi connectivity index (χ2v) is 6.21. The zero-order valence-corrected chi connectivity index (χ0v) is 12.2. The molecule has 0 atom stereocenters. The number of nitrogens with zero attached hydrogens (tertiary/aromatic N) is 3. The van der Waals surface area contributed by atoms with Crippen molar-refractivity contribution in [2.75, 3.05) is 0 Å². The molecule has 0 spiro atoms. The van der Waals surface area contributed by atoms with E-state index in [0.29, 0.717) is 5.92 Å². The van der Waals surface area contributed by atoms with Crippen molar-refractivity contribution in [3.05, 3.63) is 54.0 Å². The van der Waals surface area contributed by atoms with Crippen LogP contribution < -0.4 is 4.57 Å². The summed E-state index contributed by atoms with van der Waals surface area (Å²) < 4.78 is 4.74. The van der Waals surface area contributed by atoms with Crippen LogP contribution in [0.4, 0.5) is 0 Å². The molecule has 21 heavy (non-hydrogen) atoms. The molecule has 3 heteroatoms. The summed E-state index contributed by atoms with van der Waals surface area (Å²) in [6.45, 7) is 5.47. The van der Waals surface area contributed by atoms with Crippen LogP contribution in [0.1, 0.15) is 31.0 Å². The fraction of sp³-hybridized carbons (Fsp3) is 0.222. The Balaban J connectivity index is 2.20. The van der Waals surface area contributed by atoms with Crippen molar-refractivity contribution in [3.63, 3.8) is 0 Å². The number of aromatic nitrogens is 3. The smallest absolute Gasteiger partial charge is 0.225 e. The zero-order valence-electron chi connectivity index (χ0n) is 12.2. The average Bonchev–Trinajstić information content (AvgIpc) is 3.03. The van der Waals surface area contributed by atoms with Crippen LogP contribution >= 0.6 is 0 Å². The van der Waals surface area contributed by atoms with Crippen LogP contribution in [0.5, 0.6) is 0 Å². The first-order valence-corrected chi connectivity index (χ1v) is 7.49. The summed E-state index contributed by atoms with van der Waals surface area (Å²) in [6.07, 6.45) is 4.19. The summed E-state index contributed by atoms with van der Waals surface area (Å²) in [7, 11) is 0. The van der Waals surface area contributed by atoms with Crippen molar-refractivity contribution >= 4 is 27.5 Å². The molecule has 4 heterocycles. The van der Waals surface area contributed by atoms with Crippen LogP contribution in [-0.4, -0.2) is 9.38 Å². The maximum Gasteiger partial charge on any atom is 0.296 e. The summed E-state index contributed by atoms with van der Waals surface area (Å²) in [5.74, 6) is 0.478. The highest BCUT2D eigenvalue weighted by Crippen LogP contribution is 2.34. The van der Waals surface area contributed by atoms with Gasteiger partial charge in [0.25, 0.3) is 5.65 Å². The van der Waals surface area contributed by atoms with Crippen LogP contribution in [0.15, 0.2) is 42.7 Å². The van der Waals surface area contributed by atoms with Crippen LogP contribution in [0.3, 0.4) is 0 Å². The second kappa shape index (κ2) is 3.61. The van der Waals surface area contributed by atoms with Crippen molar-refractivity contribution in [3.8, 4) is 0 Å². The predicted octanol–water partition coefficient (Wildman–Crippen LogP) is 3.41. The molecule has 1 aliphatic heterocycles. The Bertz CT molecular complexity index is 1040. The molecule has 5 rings (SSSR count). The lowest BCUT2D eigenvalue weighted by Crippen LogP contribution is -2.28. The van der Waals surface area contributed by atoms with Gasteiger partial charge in [-0.25, -0.2) is 9.55 Å². The van der Waals surface area contributed by atoms with Gasteiger partial charge in [0.05, 0.1) is 10.8 Å². The summed E-state index contributed by atoms with van der Waals surface area (Å²) in [5.41, 5.74) is 5.13. The monoisotopic (exact) mass is 274 g/mol. The molecule has 4 aromatic rings. The number of rotatable bonds is 1. The van der Waals surface area contributed by atoms with E-state index in [9.17, 15) is 0 Å². The molecule has 0 fully saturated rings. The zero-order chi connectivity index (χ0) is 14.1. The first-order valence-electron chi connectivity index (χ1n) is 7.49. The molecule has 0 amide bonds. The molecule has 1 aliphatic rings. The van der Waals surface area contributed by atoms with Gasteiger partial charge in [-0.05, 0) is 12.1 Å². The minimum atomic E-state index is 0.478. The van der Waals surface area contributed by atoms with E-state index in [4.69, 9.17) is 0 Å². The maximum absolute atomic E-state index is 4.69. The van der Waals surface area contributed by atoms with Crippen molar-refractivity contribution in [2.24, 2.45) is 0 Å². The second-order valence-electron chi connectivity index (χ2n) is 6.21. The Hall–Kier alpha value is -2.42. The summed E-state index contributed by atoms with van der Waals surface area (Å²) in [4.78, 5) is 4.69. The van der Waals surface area contributed by atoms with E-state index >= 15 is 0 Å². The number of hydrogen-bond acceptors (Lipinski definition) is 1. The number of imidazole rings is 1. The topological polar surface area (TPSA) is 21.2 Å². The third kappa shape index (κ3) is 1.24. The third-order valence-electron chi connectivity index (χ3n) is 4.63. The molecular weight excluding hydrogens is 258 g/mol. The molecule has 0 radical (unpaired) electrons. The Kier molecular flexibility index (Phi) is 1.94. The van der Waals surface area contributed by atoms with Crippen molar-refractivity contribution in [1.29, 1.82) is 0 Å². The summed E-state index contributed by atoms with van der Waals surface area (Å²) in [6, 6.07) is 10.8. The van der Waals surface area contributed by atoms with E-state index in [1.54, 1.807) is 0 Å². The van der Waals surface area contributed by atoms with E-state index in [1.807, 2.05) is 12.3 Å². The first-order chi connectivity index (χ1) is 10.3. The molecular formula is C18H16N3+. The van der Waals surface area contributed by atoms with Crippen molar-refractivity contribution in [2.45, 2.75) is 26.3 Å². The standard InChI is InChI=1S/C18H16N3/c1-11(2)15-10-20-9-12-5-3-6-13-14-7-4-8-19-17(14)21(15)18(20)16(12)13/h3-8,10-11H,9H2,1-2H3/q+1. The maximum atomic E-state index is 4.69. The highest BCUT2D eigenvalue weighted by Gasteiger charge is 2.31. The van der Waals surface area contributed by atoms with E-state index in [2.05, 4.69) is 58.3 Å². The summed E-state index contributed by atoms with van der Waals surface area (Å²) >= 11 is 0. The van der Waals surface area contributed by atoms with Crippen molar-refractivity contribution in [1.82, 2.24) is 9.38 Å². The lowest BCUT2D eigenvalue weighted by atomic mass is 10.0. The molecule has 0 saturated carbocycles. The molecule has 3 nitrogen and oxygen atoms in total. The van der Waals surface area contributed by atoms with E-state index in [1.165, 1.54) is 33.1 Å². The van der Waals surface area contributed by atoms with Gasteiger partial charge in [-0.15, -0.1) is 0 Å². The third-order valence-corrected chi connectivity index (χ3v) is 4.63. The van der Waals surface area contributed by atoms with Gasteiger partial charge in [0.15, 0.2) is 5.69 Å². The van der Waals surface area contributed by atoms with Gasteiger partial charge in [-0.3, -0.25) is 0 Å². The molecule has 0 bridgehead atoms. The summed E-state index contributed by atoms with van der Waals surface area (Å²) in [5, 5.41) is 3.96. The quantitative estimate of drug-likeness (QED) is 0.339. The Morgan fingerprint density at radius 2 is 2.00 bits per heavy atom. The molecule has 102 valence electrons. The molecule has 3 aromatic heterocycles. The van der Waals surface area contributed by atoms with Gasteiger partial charge in [0, 0.05) is 23.1 Å². The lowest BCUT2D eigenvalue weighted by Gasteiger charge is -2.05. The Morgan fingerprint density at radius 3 is 2.86 bits per heavy atom. The van der Waals surface area contributed by atoms with Crippen molar-refractivity contribution < 1.29 is 4.57 Å². The number of fused-ring (bicyclic) bond motifs is 3. The highest BCUT2D eigenvalue weighted by atomic mass is 15.2. The molecule has 0 saturated heterocycles. The van der Waals surface area contributed by atoms with Gasteiger partial charge in [0.2, 0.25) is 5.65 Å². The minimum absolute atomic E-state index is 0.478. The normalized spacial score (nSPS) is 13.5. The lowest BCUT2D eigenvalue weighted by molar-refractivity contribution is -0.657. The average molecular weight is 274 g/mol. The molecule has 0 unspecified atom stereocenters. The Morgan fingerprint density at radius 1 is 1.14 bits per heavy atom. The van der Waals surface area contributed by atoms with E-state index in [-0.39, 0.29) is 0 Å². The van der Waals surface area contributed by atoms with Gasteiger partial charge in [-0.2, -0.15) is 4.40 Å². The minimum Gasteiger partial charge on any atom is -0.225 e.